The second-order valence-electron chi connectivity index (χ2n) is 6.65. The van der Waals surface area contributed by atoms with Gasteiger partial charge in [-0.3, -0.25) is 14.8 Å². The van der Waals surface area contributed by atoms with E-state index in [2.05, 4.69) is 34.1 Å². The zero-order chi connectivity index (χ0) is 22.8. The normalized spacial score (nSPS) is 12.7. The monoisotopic (exact) mass is 438 g/mol. The van der Waals surface area contributed by atoms with Crippen molar-refractivity contribution < 1.29 is 9.21 Å². The molecule has 7 heteroatoms. The molecular formula is C24H30N4O2S. The number of nitrogens with one attached hydrogen (secondary N) is 1. The van der Waals surface area contributed by atoms with E-state index in [1.165, 1.54) is 11.3 Å². The molecule has 31 heavy (non-hydrogen) atoms. The second-order valence-corrected chi connectivity index (χ2v) is 7.68. The molecule has 0 aliphatic rings. The summed E-state index contributed by atoms with van der Waals surface area (Å²) >= 11 is 1.44. The molecule has 3 aromatic rings. The van der Waals surface area contributed by atoms with Crippen molar-refractivity contribution in [3.63, 3.8) is 0 Å². The van der Waals surface area contributed by atoms with Gasteiger partial charge in [-0.1, -0.05) is 45.1 Å². The number of carbonyl (C=O) groups is 1. The summed E-state index contributed by atoms with van der Waals surface area (Å²) in [7, 11) is 1.74. The van der Waals surface area contributed by atoms with Crippen molar-refractivity contribution in [2.45, 2.75) is 41.0 Å². The number of aromatic nitrogens is 2. The molecule has 1 amide bonds. The summed E-state index contributed by atoms with van der Waals surface area (Å²) in [4.78, 5) is 25.6. The number of nitrogens with zero attached hydrogens (tertiary/aromatic N) is 3. The number of aliphatic imine (C=N–C) groups is 1. The van der Waals surface area contributed by atoms with E-state index in [-0.39, 0.29) is 11.8 Å². The Morgan fingerprint density at radius 3 is 2.68 bits per heavy atom. The molecule has 0 bridgehead atoms. The minimum Gasteiger partial charge on any atom is -0.463 e. The topological polar surface area (TPSA) is 80.4 Å². The molecule has 3 rings (SSSR count). The number of pyridine rings is 1. The van der Waals surface area contributed by atoms with Crippen LogP contribution in [-0.4, -0.2) is 28.6 Å². The third kappa shape index (κ3) is 6.21. The molecule has 0 radical (unpaired) electrons. The van der Waals surface area contributed by atoms with Gasteiger partial charge in [0.25, 0.3) is 5.91 Å². The fraction of sp³-hybridized carbons (Fsp3) is 0.333. The molecule has 0 aromatic carbocycles. The van der Waals surface area contributed by atoms with E-state index in [1.807, 2.05) is 51.1 Å². The third-order valence-electron chi connectivity index (χ3n) is 4.66. The van der Waals surface area contributed by atoms with Gasteiger partial charge in [0.2, 0.25) is 0 Å². The highest BCUT2D eigenvalue weighted by Gasteiger charge is 2.18. The van der Waals surface area contributed by atoms with Gasteiger partial charge in [0, 0.05) is 13.2 Å². The van der Waals surface area contributed by atoms with Crippen molar-refractivity contribution in [1.82, 2.24) is 9.97 Å². The zero-order valence-corrected chi connectivity index (χ0v) is 19.8. The zero-order valence-electron chi connectivity index (χ0n) is 19.0. The molecule has 3 heterocycles. The first-order valence-corrected chi connectivity index (χ1v) is 11.3. The smallest absolute Gasteiger partial charge is 0.275 e. The molecule has 0 aliphatic carbocycles. The third-order valence-corrected chi connectivity index (χ3v) is 5.63. The lowest BCUT2D eigenvalue weighted by Gasteiger charge is -2.12. The van der Waals surface area contributed by atoms with Crippen molar-refractivity contribution in [3.05, 3.63) is 71.0 Å². The molecule has 6 nitrogen and oxygen atoms in total. The Kier molecular flexibility index (Phi) is 9.34. The Labute approximate surface area is 188 Å². The number of allylic oxidation sites excluding steroid dienone is 2. The molecule has 0 aliphatic heterocycles. The first-order chi connectivity index (χ1) is 15.0. The van der Waals surface area contributed by atoms with Crippen LogP contribution in [0.5, 0.6) is 0 Å². The second kappa shape index (κ2) is 12.0. The maximum atomic E-state index is 12.5. The van der Waals surface area contributed by atoms with Crippen LogP contribution in [-0.2, 0) is 0 Å². The standard InChI is InChI=1S/C22H24N4O2S.C2H6/c1-5-14(2)16(12-17(23-4)18-9-7-11-28-18)22-25-13-19(29-22)26-21(27)20-15(3)8-6-10-24-20;1-2/h6-14H,5H2,1-4H3,(H,26,27);1-2H3/b16-12+,23-17?;. The summed E-state index contributed by atoms with van der Waals surface area (Å²) in [5.74, 6) is 0.747. The van der Waals surface area contributed by atoms with Crippen LogP contribution >= 0.6 is 11.3 Å². The number of hydrogen-bond acceptors (Lipinski definition) is 6. The molecule has 164 valence electrons. The van der Waals surface area contributed by atoms with Crippen molar-refractivity contribution in [2.75, 3.05) is 12.4 Å². The van der Waals surface area contributed by atoms with E-state index in [0.717, 1.165) is 28.3 Å². The molecular weight excluding hydrogens is 408 g/mol. The highest BCUT2D eigenvalue weighted by molar-refractivity contribution is 7.16. The lowest BCUT2D eigenvalue weighted by molar-refractivity contribution is 0.102. The van der Waals surface area contributed by atoms with Gasteiger partial charge in [-0.05, 0) is 54.7 Å². The predicted octanol–water partition coefficient (Wildman–Crippen LogP) is 6.27. The summed E-state index contributed by atoms with van der Waals surface area (Å²) in [6.45, 7) is 10.1. The molecule has 3 aromatic heterocycles. The minimum absolute atomic E-state index is 0.237. The summed E-state index contributed by atoms with van der Waals surface area (Å²) in [6.07, 6.45) is 7.90. The fourth-order valence-electron chi connectivity index (χ4n) is 2.81. The van der Waals surface area contributed by atoms with Gasteiger partial charge in [-0.15, -0.1) is 0 Å². The first-order valence-electron chi connectivity index (χ1n) is 10.4. The average molecular weight is 439 g/mol. The van der Waals surface area contributed by atoms with E-state index in [4.69, 9.17) is 4.42 Å². The van der Waals surface area contributed by atoms with Crippen LogP contribution in [0.15, 0.2) is 58.4 Å². The summed E-state index contributed by atoms with van der Waals surface area (Å²) < 4.78 is 5.50. The van der Waals surface area contributed by atoms with Gasteiger partial charge in [0.1, 0.15) is 21.4 Å². The average Bonchev–Trinajstić information content (AvgIpc) is 3.48. The highest BCUT2D eigenvalue weighted by Crippen LogP contribution is 2.32. The SMILES string of the molecule is CC.CCC(C)/C(=C\C(=NC)c1ccco1)c1ncc(NC(=O)c2ncccc2C)s1. The maximum Gasteiger partial charge on any atom is 0.275 e. The predicted molar refractivity (Wildman–Crippen MR) is 129 cm³/mol. The van der Waals surface area contributed by atoms with E-state index in [1.54, 1.807) is 25.7 Å². The number of hydrogen-bond donors (Lipinski definition) is 1. The van der Waals surface area contributed by atoms with E-state index >= 15 is 0 Å². The fourth-order valence-corrected chi connectivity index (χ4v) is 3.75. The van der Waals surface area contributed by atoms with E-state index in [0.29, 0.717) is 16.5 Å². The van der Waals surface area contributed by atoms with Crippen molar-refractivity contribution in [3.8, 4) is 0 Å². The quantitative estimate of drug-likeness (QED) is 0.441. The number of rotatable bonds is 7. The number of amides is 1. The van der Waals surface area contributed by atoms with Gasteiger partial charge < -0.3 is 9.73 Å². The van der Waals surface area contributed by atoms with Crippen LogP contribution < -0.4 is 5.32 Å². The van der Waals surface area contributed by atoms with Crippen LogP contribution in [0, 0.1) is 12.8 Å². The van der Waals surface area contributed by atoms with Crippen LogP contribution in [0.1, 0.15) is 60.9 Å². The van der Waals surface area contributed by atoms with Crippen LogP contribution in [0.4, 0.5) is 5.00 Å². The molecule has 0 fully saturated rings. The Morgan fingerprint density at radius 2 is 2.06 bits per heavy atom. The van der Waals surface area contributed by atoms with Crippen molar-refractivity contribution in [1.29, 1.82) is 0 Å². The minimum atomic E-state index is -0.237. The number of furan rings is 1. The van der Waals surface area contributed by atoms with Gasteiger partial charge >= 0.3 is 0 Å². The molecule has 1 N–H and O–H groups in total. The first kappa shape index (κ1) is 24.2. The lowest BCUT2D eigenvalue weighted by atomic mass is 9.97. The number of thiazole rings is 1. The summed E-state index contributed by atoms with van der Waals surface area (Å²) in [5, 5.41) is 4.43. The van der Waals surface area contributed by atoms with Gasteiger partial charge in [-0.25, -0.2) is 4.98 Å². The number of aryl methyl sites for hydroxylation is 1. The molecule has 0 saturated heterocycles. The van der Waals surface area contributed by atoms with Crippen molar-refractivity contribution in [2.24, 2.45) is 10.9 Å². The maximum absolute atomic E-state index is 12.5. The van der Waals surface area contributed by atoms with Crippen molar-refractivity contribution >= 4 is 33.5 Å². The van der Waals surface area contributed by atoms with Gasteiger partial charge in [0.15, 0.2) is 5.76 Å². The summed E-state index contributed by atoms with van der Waals surface area (Å²) in [5.41, 5.74) is 3.06. The Morgan fingerprint density at radius 1 is 1.29 bits per heavy atom. The molecule has 1 atom stereocenters. The Bertz CT molecular complexity index is 1040. The van der Waals surface area contributed by atoms with Crippen LogP contribution in [0.2, 0.25) is 0 Å². The highest BCUT2D eigenvalue weighted by atomic mass is 32.1. The largest absolute Gasteiger partial charge is 0.463 e. The van der Waals surface area contributed by atoms with Gasteiger partial charge in [-0.2, -0.15) is 0 Å². The Hall–Kier alpha value is -3.06. The molecule has 0 spiro atoms. The molecule has 0 saturated carbocycles. The Balaban J connectivity index is 0.00000166. The van der Waals surface area contributed by atoms with E-state index in [9.17, 15) is 4.79 Å². The van der Waals surface area contributed by atoms with Crippen LogP contribution in [0.25, 0.3) is 5.57 Å². The lowest BCUT2D eigenvalue weighted by Crippen LogP contribution is -2.14. The molecule has 1 unspecified atom stereocenters. The number of anilines is 1. The van der Waals surface area contributed by atoms with Gasteiger partial charge in [0.05, 0.1) is 12.5 Å². The van der Waals surface area contributed by atoms with E-state index < -0.39 is 0 Å². The number of carbonyl (C=O) groups excluding carboxylic acids is 1. The van der Waals surface area contributed by atoms with Crippen LogP contribution in [0.3, 0.4) is 0 Å². The summed E-state index contributed by atoms with van der Waals surface area (Å²) in [6, 6.07) is 7.40.